The lowest BCUT2D eigenvalue weighted by Gasteiger charge is -2.07. The predicted molar refractivity (Wildman–Crippen MR) is 85.1 cm³/mol. The average Bonchev–Trinajstić information content (AvgIpc) is 2.76. The van der Waals surface area contributed by atoms with Gasteiger partial charge in [0.1, 0.15) is 17.0 Å². The number of amides is 1. The molecule has 0 radical (unpaired) electrons. The van der Waals surface area contributed by atoms with Crippen LogP contribution in [0.5, 0.6) is 0 Å². The number of carbonyl (C=O) groups excluding carboxylic acids is 1. The van der Waals surface area contributed by atoms with Crippen molar-refractivity contribution >= 4 is 39.0 Å². The summed E-state index contributed by atoms with van der Waals surface area (Å²) < 4.78 is 0. The number of nitrogens with two attached hydrogens (primary N) is 1. The summed E-state index contributed by atoms with van der Waals surface area (Å²) in [6.07, 6.45) is 1.55. The molecule has 0 aliphatic rings. The largest absolute Gasteiger partial charge is 0.366 e. The Morgan fingerprint density at radius 3 is 2.57 bits per heavy atom. The van der Waals surface area contributed by atoms with E-state index in [1.54, 1.807) is 29.8 Å². The van der Waals surface area contributed by atoms with E-state index in [0.29, 0.717) is 5.56 Å². The summed E-state index contributed by atoms with van der Waals surface area (Å²) in [6.45, 7) is 4.14. The maximum atomic E-state index is 11.1. The number of fused-ring (bicyclic) bond motifs is 1. The van der Waals surface area contributed by atoms with Crippen LogP contribution >= 0.6 is 11.3 Å². The van der Waals surface area contributed by atoms with Gasteiger partial charge >= 0.3 is 0 Å². The number of nitrogens with one attached hydrogen (secondary N) is 1. The van der Waals surface area contributed by atoms with E-state index < -0.39 is 5.91 Å². The number of carbonyl (C=O) groups is 1. The SMILES string of the molecule is Cc1sc2ncnc(Nc3ccc(C(N)=O)cc3)c2c1C. The molecule has 2 heterocycles. The Balaban J connectivity index is 2.00. The molecule has 1 aromatic carbocycles. The van der Waals surface area contributed by atoms with Gasteiger partial charge in [-0.25, -0.2) is 9.97 Å². The van der Waals surface area contributed by atoms with Gasteiger partial charge in [-0.15, -0.1) is 11.3 Å². The number of aromatic nitrogens is 2. The number of thiophene rings is 1. The minimum absolute atomic E-state index is 0.435. The van der Waals surface area contributed by atoms with E-state index in [2.05, 4.69) is 29.1 Å². The lowest BCUT2D eigenvalue weighted by molar-refractivity contribution is 0.100. The van der Waals surface area contributed by atoms with Gasteiger partial charge in [-0.05, 0) is 43.7 Å². The maximum Gasteiger partial charge on any atom is 0.248 e. The molecule has 0 bridgehead atoms. The Morgan fingerprint density at radius 1 is 1.19 bits per heavy atom. The molecule has 6 heteroatoms. The number of hydrogen-bond donors (Lipinski definition) is 2. The minimum atomic E-state index is -0.435. The quantitative estimate of drug-likeness (QED) is 0.778. The van der Waals surface area contributed by atoms with Gasteiger partial charge < -0.3 is 11.1 Å². The molecular formula is C15H14N4OS. The van der Waals surface area contributed by atoms with Crippen molar-refractivity contribution in [3.8, 4) is 0 Å². The van der Waals surface area contributed by atoms with Crippen molar-refractivity contribution in [3.63, 3.8) is 0 Å². The number of nitrogens with zero attached hydrogens (tertiary/aromatic N) is 2. The molecule has 0 saturated carbocycles. The second-order valence-corrected chi connectivity index (χ2v) is 5.96. The predicted octanol–water partition coefficient (Wildman–Crippen LogP) is 3.15. The molecule has 0 aliphatic carbocycles. The van der Waals surface area contributed by atoms with Crippen LogP contribution in [-0.2, 0) is 0 Å². The van der Waals surface area contributed by atoms with Crippen molar-refractivity contribution in [2.45, 2.75) is 13.8 Å². The molecule has 5 nitrogen and oxygen atoms in total. The van der Waals surface area contributed by atoms with Crippen LogP contribution in [0.3, 0.4) is 0 Å². The van der Waals surface area contributed by atoms with Gasteiger partial charge in [0.25, 0.3) is 0 Å². The third kappa shape index (κ3) is 2.45. The third-order valence-corrected chi connectivity index (χ3v) is 4.51. The Labute approximate surface area is 125 Å². The van der Waals surface area contributed by atoms with Crippen molar-refractivity contribution in [2.75, 3.05) is 5.32 Å². The van der Waals surface area contributed by atoms with E-state index in [4.69, 9.17) is 5.73 Å². The summed E-state index contributed by atoms with van der Waals surface area (Å²) in [5, 5.41) is 4.31. The molecule has 0 spiro atoms. The molecule has 0 aliphatic heterocycles. The zero-order valence-corrected chi connectivity index (χ0v) is 12.5. The summed E-state index contributed by atoms with van der Waals surface area (Å²) in [6, 6.07) is 6.99. The summed E-state index contributed by atoms with van der Waals surface area (Å²) in [5.74, 6) is 0.337. The molecule has 3 aromatic rings. The number of benzene rings is 1. The van der Waals surface area contributed by atoms with E-state index in [1.165, 1.54) is 10.4 Å². The highest BCUT2D eigenvalue weighted by Crippen LogP contribution is 2.33. The van der Waals surface area contributed by atoms with Crippen LogP contribution in [0, 0.1) is 13.8 Å². The van der Waals surface area contributed by atoms with Crippen LogP contribution in [-0.4, -0.2) is 15.9 Å². The number of primary amides is 1. The fraction of sp³-hybridized carbons (Fsp3) is 0.133. The Bertz CT molecular complexity index is 824. The van der Waals surface area contributed by atoms with Gasteiger partial charge in [0, 0.05) is 16.1 Å². The summed E-state index contributed by atoms with van der Waals surface area (Å²) in [4.78, 5) is 21.9. The zero-order valence-electron chi connectivity index (χ0n) is 11.7. The lowest BCUT2D eigenvalue weighted by Crippen LogP contribution is -2.10. The van der Waals surface area contributed by atoms with E-state index in [9.17, 15) is 4.79 Å². The average molecular weight is 298 g/mol. The van der Waals surface area contributed by atoms with Gasteiger partial charge in [0.15, 0.2) is 0 Å². The standard InChI is InChI=1S/C15H14N4OS/c1-8-9(2)21-15-12(8)14(17-7-18-15)19-11-5-3-10(4-6-11)13(16)20/h3-7H,1-2H3,(H2,16,20)(H,17,18,19). The first kappa shape index (κ1) is 13.5. The number of aryl methyl sites for hydroxylation is 2. The lowest BCUT2D eigenvalue weighted by atomic mass is 10.2. The molecular weight excluding hydrogens is 284 g/mol. The first-order chi connectivity index (χ1) is 10.1. The molecule has 106 valence electrons. The highest BCUT2D eigenvalue weighted by Gasteiger charge is 2.12. The van der Waals surface area contributed by atoms with Crippen molar-refractivity contribution in [1.29, 1.82) is 0 Å². The van der Waals surface area contributed by atoms with Crippen LogP contribution < -0.4 is 11.1 Å². The van der Waals surface area contributed by atoms with Gasteiger partial charge in [-0.1, -0.05) is 0 Å². The first-order valence-electron chi connectivity index (χ1n) is 6.44. The second-order valence-electron chi connectivity index (χ2n) is 4.75. The summed E-state index contributed by atoms with van der Waals surface area (Å²) in [5.41, 5.74) is 7.75. The van der Waals surface area contributed by atoms with E-state index in [-0.39, 0.29) is 0 Å². The number of rotatable bonds is 3. The van der Waals surface area contributed by atoms with Crippen LogP contribution in [0.25, 0.3) is 10.2 Å². The van der Waals surface area contributed by atoms with Crippen molar-refractivity contribution in [1.82, 2.24) is 9.97 Å². The summed E-state index contributed by atoms with van der Waals surface area (Å²) in [7, 11) is 0. The minimum Gasteiger partial charge on any atom is -0.366 e. The molecule has 2 aromatic heterocycles. The van der Waals surface area contributed by atoms with Crippen molar-refractivity contribution in [2.24, 2.45) is 5.73 Å². The third-order valence-electron chi connectivity index (χ3n) is 3.40. The van der Waals surface area contributed by atoms with Gasteiger partial charge in [0.2, 0.25) is 5.91 Å². The first-order valence-corrected chi connectivity index (χ1v) is 7.25. The molecule has 0 fully saturated rings. The van der Waals surface area contributed by atoms with Crippen LogP contribution in [0.1, 0.15) is 20.8 Å². The van der Waals surface area contributed by atoms with E-state index >= 15 is 0 Å². The summed E-state index contributed by atoms with van der Waals surface area (Å²) >= 11 is 1.66. The van der Waals surface area contributed by atoms with Crippen molar-refractivity contribution in [3.05, 3.63) is 46.6 Å². The maximum absolute atomic E-state index is 11.1. The molecule has 21 heavy (non-hydrogen) atoms. The van der Waals surface area contributed by atoms with Gasteiger partial charge in [0.05, 0.1) is 5.39 Å². The van der Waals surface area contributed by atoms with E-state index in [0.717, 1.165) is 21.7 Å². The highest BCUT2D eigenvalue weighted by molar-refractivity contribution is 7.18. The molecule has 0 unspecified atom stereocenters. The van der Waals surface area contributed by atoms with Crippen molar-refractivity contribution < 1.29 is 4.79 Å². The topological polar surface area (TPSA) is 80.9 Å². The van der Waals surface area contributed by atoms with Crippen LogP contribution in [0.2, 0.25) is 0 Å². The van der Waals surface area contributed by atoms with Crippen LogP contribution in [0.15, 0.2) is 30.6 Å². The second kappa shape index (κ2) is 5.14. The Morgan fingerprint density at radius 2 is 1.90 bits per heavy atom. The van der Waals surface area contributed by atoms with E-state index in [1.807, 2.05) is 12.1 Å². The smallest absolute Gasteiger partial charge is 0.248 e. The Hall–Kier alpha value is -2.47. The monoisotopic (exact) mass is 298 g/mol. The normalized spacial score (nSPS) is 10.8. The fourth-order valence-electron chi connectivity index (χ4n) is 2.13. The molecule has 3 rings (SSSR count). The number of hydrogen-bond acceptors (Lipinski definition) is 5. The Kier molecular flexibility index (Phi) is 3.31. The van der Waals surface area contributed by atoms with Gasteiger partial charge in [-0.3, -0.25) is 4.79 Å². The fourth-order valence-corrected chi connectivity index (χ4v) is 3.13. The molecule has 3 N–H and O–H groups in total. The van der Waals surface area contributed by atoms with Gasteiger partial charge in [-0.2, -0.15) is 0 Å². The number of anilines is 2. The molecule has 0 saturated heterocycles. The highest BCUT2D eigenvalue weighted by atomic mass is 32.1. The zero-order chi connectivity index (χ0) is 15.0. The van der Waals surface area contributed by atoms with Crippen LogP contribution in [0.4, 0.5) is 11.5 Å². The molecule has 0 atom stereocenters. The molecule has 1 amide bonds.